The summed E-state index contributed by atoms with van der Waals surface area (Å²) in [5.74, 6) is -1.56. The molecule has 3 aromatic rings. The topological polar surface area (TPSA) is 92.2 Å². The summed E-state index contributed by atoms with van der Waals surface area (Å²) in [6.07, 6.45) is 3.20. The zero-order chi connectivity index (χ0) is 17.1. The van der Waals surface area contributed by atoms with Crippen molar-refractivity contribution in [2.75, 3.05) is 5.32 Å². The van der Waals surface area contributed by atoms with E-state index in [9.17, 15) is 14.7 Å². The number of pyridine rings is 1. The highest BCUT2D eigenvalue weighted by molar-refractivity contribution is 7.19. The number of hydrogen-bond donors (Lipinski definition) is 2. The minimum atomic E-state index is -1.19. The molecule has 7 heteroatoms. The number of rotatable bonds is 4. The van der Waals surface area contributed by atoms with Crippen LogP contribution in [0.3, 0.4) is 0 Å². The summed E-state index contributed by atoms with van der Waals surface area (Å²) in [5.41, 5.74) is 2.06. The summed E-state index contributed by atoms with van der Waals surface area (Å²) in [5, 5.41) is 12.7. The van der Waals surface area contributed by atoms with Gasteiger partial charge in [-0.1, -0.05) is 29.0 Å². The lowest BCUT2D eigenvalue weighted by atomic mass is 10.1. The summed E-state index contributed by atoms with van der Waals surface area (Å²) in [7, 11) is 0. The highest BCUT2D eigenvalue weighted by Crippen LogP contribution is 2.32. The van der Waals surface area contributed by atoms with Crippen molar-refractivity contribution >= 4 is 28.2 Å². The number of aromatic nitrogens is 2. The van der Waals surface area contributed by atoms with Gasteiger partial charge < -0.3 is 10.4 Å². The fourth-order valence-electron chi connectivity index (χ4n) is 2.05. The van der Waals surface area contributed by atoms with Crippen LogP contribution in [0.5, 0.6) is 0 Å². The molecule has 1 amide bonds. The lowest BCUT2D eigenvalue weighted by Crippen LogP contribution is -2.13. The zero-order valence-corrected chi connectivity index (χ0v) is 13.5. The molecule has 0 aliphatic heterocycles. The van der Waals surface area contributed by atoms with Gasteiger partial charge in [-0.25, -0.2) is 9.78 Å². The number of nitrogens with one attached hydrogen (secondary N) is 1. The number of thiazole rings is 1. The van der Waals surface area contributed by atoms with Gasteiger partial charge in [0.25, 0.3) is 5.91 Å². The normalized spacial score (nSPS) is 10.4. The molecule has 0 saturated carbocycles. The molecule has 0 radical (unpaired) electrons. The number of carbonyl (C=O) groups excluding carboxylic acids is 1. The number of aryl methyl sites for hydroxylation is 1. The maximum absolute atomic E-state index is 12.3. The number of amides is 1. The number of anilines is 1. The van der Waals surface area contributed by atoms with Crippen LogP contribution in [0.1, 0.15) is 26.4 Å². The fraction of sp³-hybridized carbons (Fsp3) is 0.0588. The van der Waals surface area contributed by atoms with Gasteiger partial charge in [0.15, 0.2) is 5.69 Å². The molecule has 3 rings (SSSR count). The highest BCUT2D eigenvalue weighted by Gasteiger charge is 2.20. The first-order valence-corrected chi connectivity index (χ1v) is 7.89. The van der Waals surface area contributed by atoms with Crippen molar-refractivity contribution in [3.8, 4) is 10.6 Å². The van der Waals surface area contributed by atoms with Gasteiger partial charge in [0.1, 0.15) is 10.0 Å². The minimum absolute atomic E-state index is 0.174. The van der Waals surface area contributed by atoms with E-state index in [1.807, 2.05) is 19.1 Å². The summed E-state index contributed by atoms with van der Waals surface area (Å²) in [4.78, 5) is 31.8. The first-order chi connectivity index (χ1) is 11.5. The Morgan fingerprint density at radius 3 is 2.38 bits per heavy atom. The molecule has 1 aromatic carbocycles. The standard InChI is InChI=1S/C17H13N3O3S/c1-10-2-4-11(5-3-10)14(21)20-16-13(17(22)23)19-15(24-16)12-6-8-18-9-7-12/h2-9H,1H3,(H,20,21)(H,22,23). The van der Waals surface area contributed by atoms with Gasteiger partial charge in [0.2, 0.25) is 0 Å². The third-order valence-electron chi connectivity index (χ3n) is 3.30. The van der Waals surface area contributed by atoms with Crippen molar-refractivity contribution in [3.05, 3.63) is 65.6 Å². The van der Waals surface area contributed by atoms with Crippen molar-refractivity contribution in [2.45, 2.75) is 6.92 Å². The van der Waals surface area contributed by atoms with Crippen LogP contribution < -0.4 is 5.32 Å². The maximum atomic E-state index is 12.3. The van der Waals surface area contributed by atoms with Crippen molar-refractivity contribution in [1.29, 1.82) is 0 Å². The number of hydrogen-bond acceptors (Lipinski definition) is 5. The molecule has 24 heavy (non-hydrogen) atoms. The van der Waals surface area contributed by atoms with E-state index >= 15 is 0 Å². The summed E-state index contributed by atoms with van der Waals surface area (Å²) in [6, 6.07) is 10.5. The summed E-state index contributed by atoms with van der Waals surface area (Å²) in [6.45, 7) is 1.93. The quantitative estimate of drug-likeness (QED) is 0.759. The van der Waals surface area contributed by atoms with Gasteiger partial charge in [-0.05, 0) is 31.2 Å². The molecule has 120 valence electrons. The molecule has 0 aliphatic rings. The van der Waals surface area contributed by atoms with Gasteiger partial charge in [-0.15, -0.1) is 0 Å². The molecule has 2 heterocycles. The predicted molar refractivity (Wildman–Crippen MR) is 91.4 cm³/mol. The number of nitrogens with zero attached hydrogens (tertiary/aromatic N) is 2. The Bertz CT molecular complexity index is 889. The van der Waals surface area contributed by atoms with Crippen molar-refractivity contribution < 1.29 is 14.7 Å². The van der Waals surface area contributed by atoms with E-state index in [-0.39, 0.29) is 16.6 Å². The molecule has 0 atom stereocenters. The third kappa shape index (κ3) is 3.31. The number of carboxylic acids is 1. The molecule has 0 bridgehead atoms. The molecule has 2 N–H and O–H groups in total. The van der Waals surface area contributed by atoms with E-state index in [0.717, 1.165) is 22.5 Å². The van der Waals surface area contributed by atoms with E-state index in [1.54, 1.807) is 36.7 Å². The van der Waals surface area contributed by atoms with Crippen LogP contribution in [-0.4, -0.2) is 27.0 Å². The Balaban J connectivity index is 1.92. The fourth-order valence-corrected chi connectivity index (χ4v) is 3.01. The van der Waals surface area contributed by atoms with Crippen molar-refractivity contribution in [2.24, 2.45) is 0 Å². The average molecular weight is 339 g/mol. The largest absolute Gasteiger partial charge is 0.476 e. The van der Waals surface area contributed by atoms with Gasteiger partial charge in [0, 0.05) is 23.5 Å². The van der Waals surface area contributed by atoms with Crippen LogP contribution >= 0.6 is 11.3 Å². The first-order valence-electron chi connectivity index (χ1n) is 7.07. The Labute approximate surface area is 141 Å². The minimum Gasteiger partial charge on any atom is -0.476 e. The Kier molecular flexibility index (Phi) is 4.35. The summed E-state index contributed by atoms with van der Waals surface area (Å²) < 4.78 is 0. The van der Waals surface area contributed by atoms with E-state index in [1.165, 1.54) is 0 Å². The SMILES string of the molecule is Cc1ccc(C(=O)Nc2sc(-c3ccncc3)nc2C(=O)O)cc1. The molecule has 0 aliphatic carbocycles. The second-order valence-electron chi connectivity index (χ2n) is 5.06. The zero-order valence-electron chi connectivity index (χ0n) is 12.7. The molecule has 2 aromatic heterocycles. The Morgan fingerprint density at radius 1 is 1.08 bits per heavy atom. The molecule has 6 nitrogen and oxygen atoms in total. The van der Waals surface area contributed by atoms with Crippen LogP contribution in [0, 0.1) is 6.92 Å². The second-order valence-corrected chi connectivity index (χ2v) is 6.06. The highest BCUT2D eigenvalue weighted by atomic mass is 32.1. The smallest absolute Gasteiger partial charge is 0.357 e. The van der Waals surface area contributed by atoms with E-state index in [4.69, 9.17) is 0 Å². The van der Waals surface area contributed by atoms with Crippen LogP contribution in [0.4, 0.5) is 5.00 Å². The predicted octanol–water partition coefficient (Wildman–Crippen LogP) is 3.46. The average Bonchev–Trinajstić information content (AvgIpc) is 3.00. The molecule has 0 saturated heterocycles. The maximum Gasteiger partial charge on any atom is 0.357 e. The van der Waals surface area contributed by atoms with Crippen LogP contribution in [0.2, 0.25) is 0 Å². The van der Waals surface area contributed by atoms with Gasteiger partial charge >= 0.3 is 5.97 Å². The van der Waals surface area contributed by atoms with E-state index < -0.39 is 5.97 Å². The number of benzene rings is 1. The monoisotopic (exact) mass is 339 g/mol. The summed E-state index contributed by atoms with van der Waals surface area (Å²) >= 11 is 1.12. The molecular weight excluding hydrogens is 326 g/mol. The number of carbonyl (C=O) groups is 2. The Hall–Kier alpha value is -3.06. The van der Waals surface area contributed by atoms with Gasteiger partial charge in [0.05, 0.1) is 0 Å². The van der Waals surface area contributed by atoms with Crippen molar-refractivity contribution in [1.82, 2.24) is 9.97 Å². The van der Waals surface area contributed by atoms with Crippen LogP contribution in [0.25, 0.3) is 10.6 Å². The molecular formula is C17H13N3O3S. The lowest BCUT2D eigenvalue weighted by Gasteiger charge is -2.03. The molecule has 0 spiro atoms. The number of aromatic carboxylic acids is 1. The van der Waals surface area contributed by atoms with Gasteiger partial charge in [-0.2, -0.15) is 0 Å². The molecule has 0 fully saturated rings. The second kappa shape index (κ2) is 6.59. The molecule has 0 unspecified atom stereocenters. The van der Waals surface area contributed by atoms with Gasteiger partial charge in [-0.3, -0.25) is 9.78 Å². The van der Waals surface area contributed by atoms with Crippen LogP contribution in [0.15, 0.2) is 48.8 Å². The lowest BCUT2D eigenvalue weighted by molar-refractivity contribution is 0.0692. The van der Waals surface area contributed by atoms with E-state index in [2.05, 4.69) is 15.3 Å². The third-order valence-corrected chi connectivity index (χ3v) is 4.32. The van der Waals surface area contributed by atoms with Crippen molar-refractivity contribution in [3.63, 3.8) is 0 Å². The number of carboxylic acid groups (broad SMARTS) is 1. The van der Waals surface area contributed by atoms with E-state index in [0.29, 0.717) is 10.6 Å². The van der Waals surface area contributed by atoms with Crippen LogP contribution in [-0.2, 0) is 0 Å². The Morgan fingerprint density at radius 2 is 1.75 bits per heavy atom. The first kappa shape index (κ1) is 15.8.